The van der Waals surface area contributed by atoms with Gasteiger partial charge in [-0.2, -0.15) is 0 Å². The summed E-state index contributed by atoms with van der Waals surface area (Å²) in [6.07, 6.45) is 1.50. The van der Waals surface area contributed by atoms with Crippen molar-refractivity contribution in [3.63, 3.8) is 0 Å². The number of nitrogens with zero attached hydrogens (tertiary/aromatic N) is 1. The number of hydrogen-bond donors (Lipinski definition) is 2. The molecule has 2 aromatic carbocycles. The SMILES string of the molecule is COc1cc(/C=C2/SC(=O)N(CC(=O)Nc3ccc(Br)c(Cl)c3)C2=O)ccc1O. The first kappa shape index (κ1) is 21.2. The molecule has 0 saturated carbocycles. The lowest BCUT2D eigenvalue weighted by molar-refractivity contribution is -0.127. The molecule has 3 rings (SSSR count). The zero-order valence-electron chi connectivity index (χ0n) is 14.9. The van der Waals surface area contributed by atoms with Gasteiger partial charge < -0.3 is 15.2 Å². The fraction of sp³-hybridized carbons (Fsp3) is 0.105. The van der Waals surface area contributed by atoms with E-state index in [1.165, 1.54) is 25.3 Å². The summed E-state index contributed by atoms with van der Waals surface area (Å²) in [6, 6.07) is 9.40. The number of carbonyl (C=O) groups excluding carboxylic acids is 3. The van der Waals surface area contributed by atoms with Crippen molar-refractivity contribution in [2.45, 2.75) is 0 Å². The van der Waals surface area contributed by atoms with E-state index in [1.807, 2.05) is 0 Å². The maximum absolute atomic E-state index is 12.6. The summed E-state index contributed by atoms with van der Waals surface area (Å²) in [6.45, 7) is -0.422. The Morgan fingerprint density at radius 3 is 2.76 bits per heavy atom. The fourth-order valence-corrected chi connectivity index (χ4v) is 3.76. The van der Waals surface area contributed by atoms with E-state index in [1.54, 1.807) is 24.3 Å². The van der Waals surface area contributed by atoms with Crippen molar-refractivity contribution in [2.75, 3.05) is 19.0 Å². The number of imide groups is 1. The molecule has 0 bridgehead atoms. The highest BCUT2D eigenvalue weighted by Gasteiger charge is 2.36. The highest BCUT2D eigenvalue weighted by Crippen LogP contribution is 2.34. The van der Waals surface area contributed by atoms with E-state index >= 15 is 0 Å². The number of hydrogen-bond acceptors (Lipinski definition) is 6. The second-order valence-electron chi connectivity index (χ2n) is 5.88. The molecule has 1 aliphatic heterocycles. The third-order valence-electron chi connectivity index (χ3n) is 3.88. The zero-order valence-corrected chi connectivity index (χ0v) is 18.1. The lowest BCUT2D eigenvalue weighted by Crippen LogP contribution is -2.36. The number of carbonyl (C=O) groups is 3. The molecule has 2 N–H and O–H groups in total. The number of methoxy groups -OCH3 is 1. The van der Waals surface area contributed by atoms with Crippen LogP contribution >= 0.6 is 39.3 Å². The number of thioether (sulfide) groups is 1. The van der Waals surface area contributed by atoms with Crippen LogP contribution in [-0.4, -0.2) is 40.7 Å². The molecule has 0 radical (unpaired) electrons. The Hall–Kier alpha value is -2.49. The molecule has 7 nitrogen and oxygen atoms in total. The predicted molar refractivity (Wildman–Crippen MR) is 115 cm³/mol. The van der Waals surface area contributed by atoms with Crippen LogP contribution in [0.1, 0.15) is 5.56 Å². The first-order valence-corrected chi connectivity index (χ1v) is 10.1. The average molecular weight is 498 g/mol. The molecule has 0 aliphatic carbocycles. The Labute approximate surface area is 183 Å². The van der Waals surface area contributed by atoms with Crippen LogP contribution in [0.15, 0.2) is 45.8 Å². The highest BCUT2D eigenvalue weighted by molar-refractivity contribution is 9.10. The highest BCUT2D eigenvalue weighted by atomic mass is 79.9. The van der Waals surface area contributed by atoms with Gasteiger partial charge in [-0.3, -0.25) is 19.3 Å². The van der Waals surface area contributed by atoms with E-state index in [2.05, 4.69) is 21.2 Å². The lowest BCUT2D eigenvalue weighted by atomic mass is 10.2. The summed E-state index contributed by atoms with van der Waals surface area (Å²) >= 11 is 9.98. The minimum atomic E-state index is -0.573. The van der Waals surface area contributed by atoms with E-state index in [0.29, 0.717) is 20.7 Å². The van der Waals surface area contributed by atoms with Crippen molar-refractivity contribution in [2.24, 2.45) is 0 Å². The Kier molecular flexibility index (Phi) is 6.51. The van der Waals surface area contributed by atoms with Crippen molar-refractivity contribution in [3.8, 4) is 11.5 Å². The summed E-state index contributed by atoms with van der Waals surface area (Å²) in [5.74, 6) is -0.901. The molecule has 150 valence electrons. The normalized spacial score (nSPS) is 15.1. The summed E-state index contributed by atoms with van der Waals surface area (Å²) in [5, 5.41) is 12.1. The largest absolute Gasteiger partial charge is 0.504 e. The smallest absolute Gasteiger partial charge is 0.294 e. The van der Waals surface area contributed by atoms with Gasteiger partial charge in [-0.05, 0) is 69.7 Å². The number of anilines is 1. The van der Waals surface area contributed by atoms with E-state index < -0.39 is 23.6 Å². The standard InChI is InChI=1S/C19H14BrClN2O5S/c1-28-15-6-10(2-5-14(15)24)7-16-18(26)23(19(27)29-16)9-17(25)22-11-3-4-12(20)13(21)8-11/h2-8,24H,9H2,1H3,(H,22,25)/b16-7+. The van der Waals surface area contributed by atoms with Crippen LogP contribution in [-0.2, 0) is 9.59 Å². The number of amides is 3. The molecule has 1 fully saturated rings. The molecule has 1 heterocycles. The van der Waals surface area contributed by atoms with Gasteiger partial charge in [0.2, 0.25) is 5.91 Å². The van der Waals surface area contributed by atoms with Crippen LogP contribution in [0.5, 0.6) is 11.5 Å². The molecule has 3 amide bonds. The van der Waals surface area contributed by atoms with E-state index in [0.717, 1.165) is 16.7 Å². The Morgan fingerprint density at radius 2 is 2.07 bits per heavy atom. The van der Waals surface area contributed by atoms with Gasteiger partial charge in [0.15, 0.2) is 11.5 Å². The van der Waals surface area contributed by atoms with Crippen molar-refractivity contribution in [3.05, 3.63) is 56.4 Å². The molecule has 29 heavy (non-hydrogen) atoms. The number of benzene rings is 2. The van der Waals surface area contributed by atoms with Gasteiger partial charge in [0.25, 0.3) is 11.1 Å². The third-order valence-corrected chi connectivity index (χ3v) is 6.02. The van der Waals surface area contributed by atoms with Crippen LogP contribution < -0.4 is 10.1 Å². The molecule has 10 heteroatoms. The van der Waals surface area contributed by atoms with Crippen LogP contribution in [0.3, 0.4) is 0 Å². The summed E-state index contributed by atoms with van der Waals surface area (Å²) in [7, 11) is 1.41. The third kappa shape index (κ3) is 4.92. The van der Waals surface area contributed by atoms with Crippen LogP contribution in [0, 0.1) is 0 Å². The van der Waals surface area contributed by atoms with Crippen molar-refractivity contribution in [1.29, 1.82) is 0 Å². The number of nitrogens with one attached hydrogen (secondary N) is 1. The second kappa shape index (κ2) is 8.89. The summed E-state index contributed by atoms with van der Waals surface area (Å²) < 4.78 is 5.71. The number of rotatable bonds is 5. The van der Waals surface area contributed by atoms with Gasteiger partial charge in [-0.15, -0.1) is 0 Å². The molecule has 0 atom stereocenters. The van der Waals surface area contributed by atoms with E-state index in [4.69, 9.17) is 16.3 Å². The van der Waals surface area contributed by atoms with Gasteiger partial charge in [0.1, 0.15) is 6.54 Å². The quantitative estimate of drug-likeness (QED) is 0.591. The van der Waals surface area contributed by atoms with Gasteiger partial charge >= 0.3 is 0 Å². The molecule has 1 saturated heterocycles. The number of halogens is 2. The van der Waals surface area contributed by atoms with Gasteiger partial charge in [0.05, 0.1) is 17.0 Å². The van der Waals surface area contributed by atoms with Crippen molar-refractivity contribution < 1.29 is 24.2 Å². The van der Waals surface area contributed by atoms with Crippen molar-refractivity contribution >= 4 is 68.1 Å². The summed E-state index contributed by atoms with van der Waals surface area (Å²) in [5.41, 5.74) is 1.01. The number of ether oxygens (including phenoxy) is 1. The Bertz CT molecular complexity index is 1040. The van der Waals surface area contributed by atoms with E-state index in [9.17, 15) is 19.5 Å². The molecule has 0 aromatic heterocycles. The summed E-state index contributed by atoms with van der Waals surface area (Å²) in [4.78, 5) is 38.1. The van der Waals surface area contributed by atoms with E-state index in [-0.39, 0.29) is 16.4 Å². The molecular weight excluding hydrogens is 484 g/mol. The maximum Gasteiger partial charge on any atom is 0.294 e. The monoisotopic (exact) mass is 496 g/mol. The minimum Gasteiger partial charge on any atom is -0.504 e. The molecular formula is C19H14BrClN2O5S. The number of aromatic hydroxyl groups is 1. The van der Waals surface area contributed by atoms with Crippen molar-refractivity contribution in [1.82, 2.24) is 4.90 Å². The minimum absolute atomic E-state index is 0.0394. The van der Waals surface area contributed by atoms with Gasteiger partial charge in [-0.1, -0.05) is 17.7 Å². The molecule has 0 unspecified atom stereocenters. The average Bonchev–Trinajstić information content (AvgIpc) is 2.93. The van der Waals surface area contributed by atoms with Crippen LogP contribution in [0.2, 0.25) is 5.02 Å². The predicted octanol–water partition coefficient (Wildman–Crippen LogP) is 4.49. The Balaban J connectivity index is 1.71. The van der Waals surface area contributed by atoms with Gasteiger partial charge in [0, 0.05) is 10.2 Å². The Morgan fingerprint density at radius 1 is 1.31 bits per heavy atom. The maximum atomic E-state index is 12.6. The fourth-order valence-electron chi connectivity index (χ4n) is 2.49. The van der Waals surface area contributed by atoms with Gasteiger partial charge in [-0.25, -0.2) is 0 Å². The lowest BCUT2D eigenvalue weighted by Gasteiger charge is -2.12. The molecule has 2 aromatic rings. The van der Waals surface area contributed by atoms with Crippen LogP contribution in [0.25, 0.3) is 6.08 Å². The topological polar surface area (TPSA) is 95.9 Å². The number of phenolic OH excluding ortho intramolecular Hbond substituents is 1. The first-order valence-electron chi connectivity index (χ1n) is 8.15. The molecule has 0 spiro atoms. The zero-order chi connectivity index (χ0) is 21.1. The number of phenols is 1. The second-order valence-corrected chi connectivity index (χ2v) is 8.13. The molecule has 1 aliphatic rings. The first-order chi connectivity index (χ1) is 13.8. The van der Waals surface area contributed by atoms with Crippen LogP contribution in [0.4, 0.5) is 10.5 Å².